The van der Waals surface area contributed by atoms with E-state index in [0.717, 1.165) is 24.3 Å². The van der Waals surface area contributed by atoms with E-state index in [9.17, 15) is 0 Å². The molecule has 0 saturated heterocycles. The van der Waals surface area contributed by atoms with E-state index in [1.54, 1.807) is 0 Å². The van der Waals surface area contributed by atoms with E-state index in [2.05, 4.69) is 35.6 Å². The van der Waals surface area contributed by atoms with Crippen LogP contribution in [0.4, 0.5) is 5.69 Å². The van der Waals surface area contributed by atoms with Crippen molar-refractivity contribution in [3.63, 3.8) is 0 Å². The summed E-state index contributed by atoms with van der Waals surface area (Å²) in [4.78, 5) is 0. The fourth-order valence-electron chi connectivity index (χ4n) is 2.75. The van der Waals surface area contributed by atoms with Crippen LogP contribution in [0.3, 0.4) is 0 Å². The summed E-state index contributed by atoms with van der Waals surface area (Å²) in [7, 11) is 0. The number of benzene rings is 2. The first kappa shape index (κ1) is 12.1. The minimum Gasteiger partial charge on any atom is -0.492 e. The van der Waals surface area contributed by atoms with Crippen LogP contribution >= 0.6 is 0 Å². The predicted octanol–water partition coefficient (Wildman–Crippen LogP) is 3.66. The topological polar surface area (TPSA) is 21.3 Å². The largest absolute Gasteiger partial charge is 0.492 e. The molecule has 19 heavy (non-hydrogen) atoms. The molecule has 0 unspecified atom stereocenters. The lowest BCUT2D eigenvalue weighted by atomic mass is 10.1. The van der Waals surface area contributed by atoms with Crippen molar-refractivity contribution >= 4 is 5.69 Å². The summed E-state index contributed by atoms with van der Waals surface area (Å²) < 4.78 is 5.66. The summed E-state index contributed by atoms with van der Waals surface area (Å²) >= 11 is 0. The van der Waals surface area contributed by atoms with Gasteiger partial charge < -0.3 is 10.1 Å². The third-order valence-corrected chi connectivity index (χ3v) is 3.60. The van der Waals surface area contributed by atoms with Crippen LogP contribution in [0.25, 0.3) is 0 Å². The Labute approximate surface area is 114 Å². The molecular weight excluding hydrogens is 234 g/mol. The zero-order valence-corrected chi connectivity index (χ0v) is 11.2. The van der Waals surface area contributed by atoms with Crippen LogP contribution in [-0.2, 0) is 12.8 Å². The molecule has 2 heteroatoms. The number of fused-ring (bicyclic) bond motifs is 1. The Kier molecular flexibility index (Phi) is 3.41. The lowest BCUT2D eigenvalue weighted by molar-refractivity contribution is 0.341. The lowest BCUT2D eigenvalue weighted by Gasteiger charge is -2.17. The molecule has 0 radical (unpaired) electrons. The Balaban J connectivity index is 1.74. The van der Waals surface area contributed by atoms with Gasteiger partial charge in [-0.05, 0) is 43.0 Å². The van der Waals surface area contributed by atoms with Gasteiger partial charge in [0.1, 0.15) is 5.75 Å². The van der Waals surface area contributed by atoms with Crippen molar-refractivity contribution in [3.8, 4) is 5.75 Å². The van der Waals surface area contributed by atoms with Gasteiger partial charge >= 0.3 is 0 Å². The maximum absolute atomic E-state index is 5.66. The molecule has 2 aromatic carbocycles. The van der Waals surface area contributed by atoms with Gasteiger partial charge in [-0.25, -0.2) is 0 Å². The first-order valence-electron chi connectivity index (χ1n) is 6.92. The first-order chi connectivity index (χ1) is 9.36. The van der Waals surface area contributed by atoms with E-state index in [4.69, 9.17) is 4.74 Å². The van der Waals surface area contributed by atoms with Gasteiger partial charge in [-0.1, -0.05) is 36.4 Å². The van der Waals surface area contributed by atoms with Crippen molar-refractivity contribution < 1.29 is 4.74 Å². The Morgan fingerprint density at radius 1 is 1.00 bits per heavy atom. The van der Waals surface area contributed by atoms with Crippen LogP contribution < -0.4 is 10.1 Å². The average Bonchev–Trinajstić information content (AvgIpc) is 2.83. The van der Waals surface area contributed by atoms with Crippen molar-refractivity contribution in [2.45, 2.75) is 25.8 Å². The Bertz CT molecular complexity index is 540. The lowest BCUT2D eigenvalue weighted by Crippen LogP contribution is -2.19. The summed E-state index contributed by atoms with van der Waals surface area (Å²) in [6.45, 7) is 2.71. The van der Waals surface area contributed by atoms with Gasteiger partial charge in [0.05, 0.1) is 12.3 Å². The number of nitrogens with one attached hydrogen (secondary N) is 1. The molecule has 1 aliphatic carbocycles. The molecular formula is C17H19NO. The number of ether oxygens (including phenoxy) is 1. The molecule has 0 aromatic heterocycles. The normalized spacial score (nSPS) is 14.2. The first-order valence-corrected chi connectivity index (χ1v) is 6.92. The maximum atomic E-state index is 5.66. The molecule has 1 N–H and O–H groups in total. The van der Waals surface area contributed by atoms with E-state index < -0.39 is 0 Å². The van der Waals surface area contributed by atoms with Crippen molar-refractivity contribution in [1.29, 1.82) is 0 Å². The van der Waals surface area contributed by atoms with E-state index in [0.29, 0.717) is 12.6 Å². The average molecular weight is 253 g/mol. The van der Waals surface area contributed by atoms with Crippen LogP contribution in [0.2, 0.25) is 0 Å². The summed E-state index contributed by atoms with van der Waals surface area (Å²) in [6.07, 6.45) is 2.19. The van der Waals surface area contributed by atoms with Crippen LogP contribution in [-0.4, -0.2) is 12.6 Å². The minimum atomic E-state index is 0.471. The van der Waals surface area contributed by atoms with E-state index >= 15 is 0 Å². The number of para-hydroxylation sites is 2. The highest BCUT2D eigenvalue weighted by molar-refractivity contribution is 5.57. The molecule has 3 rings (SSSR count). The van der Waals surface area contributed by atoms with Crippen LogP contribution in [0, 0.1) is 0 Å². The molecule has 0 spiro atoms. The van der Waals surface area contributed by atoms with Gasteiger partial charge in [-0.3, -0.25) is 0 Å². The van der Waals surface area contributed by atoms with E-state index in [-0.39, 0.29) is 0 Å². The summed E-state index contributed by atoms with van der Waals surface area (Å²) in [5, 5.41) is 3.62. The molecule has 98 valence electrons. The summed E-state index contributed by atoms with van der Waals surface area (Å²) in [5.41, 5.74) is 4.03. The Morgan fingerprint density at radius 3 is 2.32 bits per heavy atom. The Hall–Kier alpha value is -1.96. The second-order valence-corrected chi connectivity index (χ2v) is 4.95. The van der Waals surface area contributed by atoms with Gasteiger partial charge in [-0.2, -0.15) is 0 Å². The van der Waals surface area contributed by atoms with Crippen molar-refractivity contribution in [1.82, 2.24) is 0 Å². The van der Waals surface area contributed by atoms with Gasteiger partial charge in [0.2, 0.25) is 0 Å². The third-order valence-electron chi connectivity index (χ3n) is 3.60. The highest BCUT2D eigenvalue weighted by Gasteiger charge is 2.21. The fraction of sp³-hybridized carbons (Fsp3) is 0.294. The molecule has 1 aliphatic rings. The van der Waals surface area contributed by atoms with Crippen LogP contribution in [0.1, 0.15) is 18.1 Å². The smallest absolute Gasteiger partial charge is 0.142 e. The molecule has 0 fully saturated rings. The second kappa shape index (κ2) is 5.35. The summed E-state index contributed by atoms with van der Waals surface area (Å²) in [6, 6.07) is 17.3. The van der Waals surface area contributed by atoms with Gasteiger partial charge in [0, 0.05) is 6.04 Å². The molecule has 0 amide bonds. The monoisotopic (exact) mass is 253 g/mol. The van der Waals surface area contributed by atoms with Gasteiger partial charge in [0.15, 0.2) is 0 Å². The highest BCUT2D eigenvalue weighted by atomic mass is 16.5. The van der Waals surface area contributed by atoms with Gasteiger partial charge in [-0.15, -0.1) is 0 Å². The molecule has 0 saturated carbocycles. The summed E-state index contributed by atoms with van der Waals surface area (Å²) in [5.74, 6) is 0.945. The number of anilines is 1. The molecule has 0 bridgehead atoms. The van der Waals surface area contributed by atoms with Crippen LogP contribution in [0.5, 0.6) is 5.75 Å². The second-order valence-electron chi connectivity index (χ2n) is 4.95. The molecule has 0 aliphatic heterocycles. The zero-order chi connectivity index (χ0) is 13.1. The highest BCUT2D eigenvalue weighted by Crippen LogP contribution is 2.29. The van der Waals surface area contributed by atoms with Crippen LogP contribution in [0.15, 0.2) is 48.5 Å². The van der Waals surface area contributed by atoms with Gasteiger partial charge in [0.25, 0.3) is 0 Å². The molecule has 2 nitrogen and oxygen atoms in total. The number of rotatable bonds is 4. The predicted molar refractivity (Wildman–Crippen MR) is 78.9 cm³/mol. The quantitative estimate of drug-likeness (QED) is 0.897. The van der Waals surface area contributed by atoms with E-state index in [1.807, 2.05) is 25.1 Å². The maximum Gasteiger partial charge on any atom is 0.142 e. The SMILES string of the molecule is CCOc1ccccc1NC1Cc2ccccc2C1. The molecule has 0 heterocycles. The van der Waals surface area contributed by atoms with E-state index in [1.165, 1.54) is 11.1 Å². The van der Waals surface area contributed by atoms with Crippen molar-refractivity contribution in [2.24, 2.45) is 0 Å². The van der Waals surface area contributed by atoms with Crippen molar-refractivity contribution in [3.05, 3.63) is 59.7 Å². The minimum absolute atomic E-state index is 0.471. The number of hydrogen-bond acceptors (Lipinski definition) is 2. The third kappa shape index (κ3) is 2.58. The Morgan fingerprint density at radius 2 is 1.63 bits per heavy atom. The standard InChI is InChI=1S/C17H19NO/c1-2-19-17-10-6-5-9-16(17)18-15-11-13-7-3-4-8-14(13)12-15/h3-10,15,18H,2,11-12H2,1H3. The number of hydrogen-bond donors (Lipinski definition) is 1. The molecule has 2 aromatic rings. The fourth-order valence-corrected chi connectivity index (χ4v) is 2.75. The zero-order valence-electron chi connectivity index (χ0n) is 11.2. The van der Waals surface area contributed by atoms with Crippen molar-refractivity contribution in [2.75, 3.05) is 11.9 Å². The molecule has 0 atom stereocenters.